The second-order valence-electron chi connectivity index (χ2n) is 9.06. The number of nitrogens with zero attached hydrogens (tertiary/aromatic N) is 1. The van der Waals surface area contributed by atoms with E-state index in [2.05, 4.69) is 63.7 Å². The molecule has 0 bridgehead atoms. The third-order valence-electron chi connectivity index (χ3n) is 7.40. The number of anilines is 1. The Morgan fingerprint density at radius 2 is 1.73 bits per heavy atom. The fourth-order valence-electron chi connectivity index (χ4n) is 5.92. The van der Waals surface area contributed by atoms with Crippen LogP contribution in [0.1, 0.15) is 35.1 Å². The molecular formula is C27H25BrN2O3. The van der Waals surface area contributed by atoms with E-state index in [1.807, 2.05) is 29.2 Å². The van der Waals surface area contributed by atoms with E-state index in [1.165, 1.54) is 22.3 Å². The van der Waals surface area contributed by atoms with E-state index >= 15 is 0 Å². The number of amides is 1. The van der Waals surface area contributed by atoms with E-state index in [-0.39, 0.29) is 36.6 Å². The fourth-order valence-corrected chi connectivity index (χ4v) is 6.29. The monoisotopic (exact) mass is 504 g/mol. The molecule has 33 heavy (non-hydrogen) atoms. The molecule has 1 amide bonds. The second-order valence-corrected chi connectivity index (χ2v) is 9.98. The van der Waals surface area contributed by atoms with Crippen molar-refractivity contribution in [3.63, 3.8) is 0 Å². The first-order valence-electron chi connectivity index (χ1n) is 11.4. The Morgan fingerprint density at radius 3 is 2.42 bits per heavy atom. The molecule has 1 saturated heterocycles. The zero-order valence-corrected chi connectivity index (χ0v) is 19.7. The van der Waals surface area contributed by atoms with Gasteiger partial charge in [0, 0.05) is 28.5 Å². The van der Waals surface area contributed by atoms with Crippen LogP contribution in [0.5, 0.6) is 0 Å². The van der Waals surface area contributed by atoms with Crippen molar-refractivity contribution in [3.05, 3.63) is 87.9 Å². The van der Waals surface area contributed by atoms with Gasteiger partial charge in [-0.05, 0) is 52.4 Å². The zero-order valence-electron chi connectivity index (χ0n) is 18.1. The number of hydrogen-bond acceptors (Lipinski definition) is 4. The lowest BCUT2D eigenvalue weighted by molar-refractivity contribution is 0.0877. The van der Waals surface area contributed by atoms with Crippen molar-refractivity contribution < 1.29 is 14.6 Å². The number of hydrogen-bond donors (Lipinski definition) is 2. The molecule has 3 aromatic carbocycles. The molecule has 6 rings (SSSR count). The Morgan fingerprint density at radius 1 is 1.03 bits per heavy atom. The van der Waals surface area contributed by atoms with Crippen molar-refractivity contribution in [1.82, 2.24) is 4.90 Å². The normalized spacial score (nSPS) is 22.7. The van der Waals surface area contributed by atoms with Gasteiger partial charge in [-0.3, -0.25) is 0 Å². The molecule has 0 aromatic heterocycles. The number of ether oxygens (including phenoxy) is 1. The highest BCUT2D eigenvalue weighted by atomic mass is 79.9. The average Bonchev–Trinajstić information content (AvgIpc) is 3.43. The molecule has 2 heterocycles. The maximum Gasteiger partial charge on any atom is 0.410 e. The molecule has 0 spiro atoms. The summed E-state index contributed by atoms with van der Waals surface area (Å²) in [4.78, 5) is 15.2. The summed E-state index contributed by atoms with van der Waals surface area (Å²) in [6, 6.07) is 22.6. The van der Waals surface area contributed by atoms with Crippen LogP contribution < -0.4 is 5.32 Å². The predicted molar refractivity (Wildman–Crippen MR) is 131 cm³/mol. The number of fused-ring (bicyclic) bond motifs is 6. The van der Waals surface area contributed by atoms with Gasteiger partial charge in [0.2, 0.25) is 0 Å². The number of rotatable bonds is 3. The van der Waals surface area contributed by atoms with Crippen LogP contribution in [0.15, 0.2) is 71.2 Å². The van der Waals surface area contributed by atoms with Gasteiger partial charge in [-0.25, -0.2) is 4.79 Å². The molecule has 3 atom stereocenters. The zero-order chi connectivity index (χ0) is 22.5. The molecular weight excluding hydrogens is 480 g/mol. The first-order chi connectivity index (χ1) is 16.2. The van der Waals surface area contributed by atoms with Gasteiger partial charge < -0.3 is 20.1 Å². The molecule has 2 N–H and O–H groups in total. The number of carbonyl (C=O) groups is 1. The number of benzene rings is 3. The molecule has 3 aromatic rings. The molecule has 1 aliphatic carbocycles. The van der Waals surface area contributed by atoms with Gasteiger partial charge in [0.1, 0.15) is 6.61 Å². The molecule has 0 unspecified atom stereocenters. The van der Waals surface area contributed by atoms with Crippen LogP contribution in [-0.4, -0.2) is 41.9 Å². The molecule has 6 heteroatoms. The lowest BCUT2D eigenvalue weighted by Crippen LogP contribution is -2.43. The van der Waals surface area contributed by atoms with Gasteiger partial charge in [-0.2, -0.15) is 0 Å². The Labute approximate surface area is 201 Å². The maximum absolute atomic E-state index is 13.4. The smallest absolute Gasteiger partial charge is 0.410 e. The molecule has 5 nitrogen and oxygen atoms in total. The van der Waals surface area contributed by atoms with E-state index in [0.29, 0.717) is 13.2 Å². The number of aliphatic hydroxyl groups is 1. The van der Waals surface area contributed by atoms with Crippen LogP contribution in [0.3, 0.4) is 0 Å². The summed E-state index contributed by atoms with van der Waals surface area (Å²) in [6.07, 6.45) is 0.549. The van der Waals surface area contributed by atoms with Crippen molar-refractivity contribution >= 4 is 27.7 Å². The Balaban J connectivity index is 1.26. The standard InChI is InChI=1S/C27H25BrN2O3/c28-16-9-10-24-22(13-16)26-21(25(14-31)29-24)11-12-30(26)27(32)33-15-23-19-7-3-1-5-17(19)18-6-2-4-8-20(18)23/h1-10,13,21,23,25-26,29,31H,11-12,14-15H2/t21-,25-,26-/m0/s1. The third kappa shape index (κ3) is 3.35. The lowest BCUT2D eigenvalue weighted by Gasteiger charge is -2.38. The molecule has 0 saturated carbocycles. The summed E-state index contributed by atoms with van der Waals surface area (Å²) in [5.74, 6) is 0.191. The van der Waals surface area contributed by atoms with Crippen molar-refractivity contribution in [3.8, 4) is 11.1 Å². The van der Waals surface area contributed by atoms with Crippen LogP contribution in [0.25, 0.3) is 11.1 Å². The number of carbonyl (C=O) groups excluding carboxylic acids is 1. The average molecular weight is 505 g/mol. The van der Waals surface area contributed by atoms with E-state index in [9.17, 15) is 9.90 Å². The fraction of sp³-hybridized carbons (Fsp3) is 0.296. The van der Waals surface area contributed by atoms with Crippen LogP contribution in [0, 0.1) is 5.92 Å². The minimum Gasteiger partial charge on any atom is -0.448 e. The Bertz CT molecular complexity index is 1180. The second kappa shape index (κ2) is 8.19. The van der Waals surface area contributed by atoms with Gasteiger partial charge >= 0.3 is 6.09 Å². The van der Waals surface area contributed by atoms with Gasteiger partial charge in [0.15, 0.2) is 0 Å². The van der Waals surface area contributed by atoms with Crippen molar-refractivity contribution in [2.75, 3.05) is 25.1 Å². The van der Waals surface area contributed by atoms with Gasteiger partial charge in [0.25, 0.3) is 0 Å². The summed E-state index contributed by atoms with van der Waals surface area (Å²) in [5, 5.41) is 13.4. The van der Waals surface area contributed by atoms with Gasteiger partial charge in [0.05, 0.1) is 18.7 Å². The lowest BCUT2D eigenvalue weighted by atomic mass is 9.83. The Hall–Kier alpha value is -2.83. The SMILES string of the molecule is O=C(OCC1c2ccccc2-c2ccccc21)N1CC[C@H]2[C@H](CO)Nc3ccc(Br)cc3[C@H]21. The number of likely N-dealkylation sites (tertiary alicyclic amines) is 1. The topological polar surface area (TPSA) is 61.8 Å². The van der Waals surface area contributed by atoms with E-state index < -0.39 is 0 Å². The first kappa shape index (κ1) is 20.8. The third-order valence-corrected chi connectivity index (χ3v) is 7.90. The molecule has 2 aliphatic heterocycles. The highest BCUT2D eigenvalue weighted by Crippen LogP contribution is 2.48. The van der Waals surface area contributed by atoms with Crippen molar-refractivity contribution in [1.29, 1.82) is 0 Å². The highest BCUT2D eigenvalue weighted by molar-refractivity contribution is 9.10. The highest BCUT2D eigenvalue weighted by Gasteiger charge is 2.46. The predicted octanol–water partition coefficient (Wildman–Crippen LogP) is 5.55. The van der Waals surface area contributed by atoms with Crippen LogP contribution >= 0.6 is 15.9 Å². The Kier molecular flexibility index (Phi) is 5.15. The van der Waals surface area contributed by atoms with Crippen molar-refractivity contribution in [2.24, 2.45) is 5.92 Å². The summed E-state index contributed by atoms with van der Waals surface area (Å²) in [7, 11) is 0. The first-order valence-corrected chi connectivity index (χ1v) is 12.2. The number of aliphatic hydroxyl groups excluding tert-OH is 1. The largest absolute Gasteiger partial charge is 0.448 e. The van der Waals surface area contributed by atoms with E-state index in [0.717, 1.165) is 22.1 Å². The van der Waals surface area contributed by atoms with E-state index in [1.54, 1.807) is 0 Å². The minimum absolute atomic E-state index is 0.0369. The van der Waals surface area contributed by atoms with Crippen molar-refractivity contribution in [2.45, 2.75) is 24.4 Å². The quantitative estimate of drug-likeness (QED) is 0.490. The molecule has 1 fully saturated rings. The summed E-state index contributed by atoms with van der Waals surface area (Å²) in [5.41, 5.74) is 6.91. The summed E-state index contributed by atoms with van der Waals surface area (Å²) in [6.45, 7) is 0.971. The van der Waals surface area contributed by atoms with Crippen LogP contribution in [0.4, 0.5) is 10.5 Å². The summed E-state index contributed by atoms with van der Waals surface area (Å²) < 4.78 is 6.95. The molecule has 0 radical (unpaired) electrons. The van der Waals surface area contributed by atoms with Crippen LogP contribution in [0.2, 0.25) is 0 Å². The maximum atomic E-state index is 13.4. The minimum atomic E-state index is -0.283. The number of nitrogens with one attached hydrogen (secondary N) is 1. The molecule has 3 aliphatic rings. The van der Waals surface area contributed by atoms with Crippen LogP contribution in [-0.2, 0) is 4.74 Å². The van der Waals surface area contributed by atoms with Gasteiger partial charge in [-0.1, -0.05) is 64.5 Å². The summed E-state index contributed by atoms with van der Waals surface area (Å²) >= 11 is 3.57. The molecule has 168 valence electrons. The van der Waals surface area contributed by atoms with E-state index in [4.69, 9.17) is 4.74 Å². The number of halogens is 1. The van der Waals surface area contributed by atoms with Gasteiger partial charge in [-0.15, -0.1) is 0 Å².